The lowest BCUT2D eigenvalue weighted by Crippen LogP contribution is -2.43. The first-order chi connectivity index (χ1) is 9.63. The van der Waals surface area contributed by atoms with Gasteiger partial charge in [-0.3, -0.25) is 4.79 Å². The van der Waals surface area contributed by atoms with Crippen molar-refractivity contribution in [2.24, 2.45) is 4.99 Å². The van der Waals surface area contributed by atoms with Crippen molar-refractivity contribution in [1.82, 2.24) is 15.5 Å². The monoisotopic (exact) mass is 426 g/mol. The molecule has 1 amide bonds. The number of nitrogens with one attached hydrogen (secondary N) is 2. The first-order valence-corrected chi connectivity index (χ1v) is 7.30. The average Bonchev–Trinajstić information content (AvgIpc) is 2.94. The number of nitrogens with zero attached hydrogens (tertiary/aromatic N) is 2. The van der Waals surface area contributed by atoms with Crippen molar-refractivity contribution >= 4 is 47.2 Å². The average molecular weight is 426 g/mol. The number of carbonyl (C=O) groups is 1. The Bertz CT molecular complexity index is 424. The zero-order valence-corrected chi connectivity index (χ0v) is 15.7. The van der Waals surface area contributed by atoms with Crippen molar-refractivity contribution < 1.29 is 9.53 Å². The van der Waals surface area contributed by atoms with Crippen LogP contribution in [-0.4, -0.2) is 57.7 Å². The van der Waals surface area contributed by atoms with Crippen LogP contribution in [0.5, 0.6) is 0 Å². The topological polar surface area (TPSA) is 66.0 Å². The highest BCUT2D eigenvalue weighted by atomic mass is 127. The molecule has 120 valence electrons. The van der Waals surface area contributed by atoms with Crippen molar-refractivity contribution in [3.63, 3.8) is 0 Å². The maximum absolute atomic E-state index is 11.6. The second-order valence-corrected chi connectivity index (χ2v) is 5.14. The van der Waals surface area contributed by atoms with E-state index in [9.17, 15) is 4.79 Å². The van der Waals surface area contributed by atoms with Crippen LogP contribution in [0.2, 0.25) is 0 Å². The third-order valence-corrected chi connectivity index (χ3v) is 3.24. The zero-order chi connectivity index (χ0) is 14.8. The summed E-state index contributed by atoms with van der Waals surface area (Å²) in [5.74, 6) is 0.616. The SMILES string of the molecule is COCCNC(=NCc1ccsc1)NCC(=O)N(C)C.I. The van der Waals surface area contributed by atoms with Gasteiger partial charge in [0, 0.05) is 27.7 Å². The number of halogens is 1. The van der Waals surface area contributed by atoms with E-state index in [0.717, 1.165) is 5.56 Å². The summed E-state index contributed by atoms with van der Waals surface area (Å²) in [6.07, 6.45) is 0. The van der Waals surface area contributed by atoms with Crippen molar-refractivity contribution in [3.8, 4) is 0 Å². The molecule has 0 aliphatic carbocycles. The summed E-state index contributed by atoms with van der Waals surface area (Å²) in [7, 11) is 5.10. The molecule has 0 saturated heterocycles. The Morgan fingerprint density at radius 2 is 2.19 bits per heavy atom. The standard InChI is InChI=1S/C13H22N4O2S.HI/c1-17(2)12(18)9-16-13(14-5-6-19-3)15-8-11-4-7-20-10-11;/h4,7,10H,5-6,8-9H2,1-3H3,(H2,14,15,16);1H. The van der Waals surface area contributed by atoms with E-state index in [1.54, 1.807) is 37.4 Å². The van der Waals surface area contributed by atoms with Gasteiger partial charge in [-0.1, -0.05) is 0 Å². The molecule has 1 aromatic rings. The summed E-state index contributed by atoms with van der Waals surface area (Å²) < 4.78 is 4.99. The molecule has 0 aromatic carbocycles. The molecule has 0 bridgehead atoms. The number of hydrogen-bond donors (Lipinski definition) is 2. The van der Waals surface area contributed by atoms with E-state index >= 15 is 0 Å². The van der Waals surface area contributed by atoms with Gasteiger partial charge in [0.15, 0.2) is 5.96 Å². The number of guanidine groups is 1. The molecule has 0 spiro atoms. The minimum absolute atomic E-state index is 0. The van der Waals surface area contributed by atoms with Crippen LogP contribution in [0.25, 0.3) is 0 Å². The Morgan fingerprint density at radius 3 is 2.76 bits per heavy atom. The first-order valence-electron chi connectivity index (χ1n) is 6.36. The van der Waals surface area contributed by atoms with Crippen LogP contribution in [0.4, 0.5) is 0 Å². The number of hydrogen-bond acceptors (Lipinski definition) is 4. The van der Waals surface area contributed by atoms with E-state index in [1.807, 2.05) is 11.4 Å². The molecule has 0 saturated carbocycles. The largest absolute Gasteiger partial charge is 0.383 e. The van der Waals surface area contributed by atoms with Crippen molar-refractivity contribution in [1.29, 1.82) is 0 Å². The van der Waals surface area contributed by atoms with Crippen molar-refractivity contribution in [2.45, 2.75) is 6.54 Å². The van der Waals surface area contributed by atoms with Crippen LogP contribution < -0.4 is 10.6 Å². The van der Waals surface area contributed by atoms with Crippen LogP contribution in [-0.2, 0) is 16.1 Å². The summed E-state index contributed by atoms with van der Waals surface area (Å²) in [5, 5.41) is 10.2. The lowest BCUT2D eigenvalue weighted by atomic mass is 10.3. The molecule has 0 radical (unpaired) electrons. The highest BCUT2D eigenvalue weighted by Gasteiger charge is 2.05. The summed E-state index contributed by atoms with van der Waals surface area (Å²) in [5.41, 5.74) is 1.15. The molecule has 0 atom stereocenters. The molecule has 1 aromatic heterocycles. The minimum Gasteiger partial charge on any atom is -0.383 e. The normalized spacial score (nSPS) is 10.7. The van der Waals surface area contributed by atoms with Gasteiger partial charge in [-0.25, -0.2) is 4.99 Å². The number of rotatable bonds is 7. The summed E-state index contributed by atoms with van der Waals surface area (Å²) in [6, 6.07) is 2.03. The van der Waals surface area contributed by atoms with Gasteiger partial charge in [0.2, 0.25) is 5.91 Å². The predicted molar refractivity (Wildman–Crippen MR) is 97.4 cm³/mol. The Morgan fingerprint density at radius 1 is 1.43 bits per heavy atom. The Kier molecular flexibility index (Phi) is 11.3. The van der Waals surface area contributed by atoms with Gasteiger partial charge in [-0.05, 0) is 22.4 Å². The number of aliphatic imine (C=N–C) groups is 1. The van der Waals surface area contributed by atoms with Crippen LogP contribution in [0, 0.1) is 0 Å². The molecule has 1 heterocycles. The van der Waals surface area contributed by atoms with Crippen LogP contribution in [0.3, 0.4) is 0 Å². The Hall–Kier alpha value is -0.870. The predicted octanol–water partition coefficient (Wildman–Crippen LogP) is 1.14. The van der Waals surface area contributed by atoms with Gasteiger partial charge in [-0.2, -0.15) is 11.3 Å². The van der Waals surface area contributed by atoms with E-state index in [0.29, 0.717) is 25.7 Å². The van der Waals surface area contributed by atoms with E-state index in [2.05, 4.69) is 21.0 Å². The molecule has 1 rings (SSSR count). The smallest absolute Gasteiger partial charge is 0.241 e. The molecule has 0 fully saturated rings. The maximum atomic E-state index is 11.6. The molecule has 6 nitrogen and oxygen atoms in total. The highest BCUT2D eigenvalue weighted by molar-refractivity contribution is 14.0. The summed E-state index contributed by atoms with van der Waals surface area (Å²) in [6.45, 7) is 2.03. The number of methoxy groups -OCH3 is 1. The third-order valence-electron chi connectivity index (χ3n) is 2.50. The Labute approximate surface area is 147 Å². The summed E-state index contributed by atoms with van der Waals surface area (Å²) >= 11 is 1.64. The summed E-state index contributed by atoms with van der Waals surface area (Å²) in [4.78, 5) is 17.6. The Balaban J connectivity index is 0.00000400. The minimum atomic E-state index is 0. The van der Waals surface area contributed by atoms with Gasteiger partial charge in [-0.15, -0.1) is 24.0 Å². The lowest BCUT2D eigenvalue weighted by Gasteiger charge is -2.14. The van der Waals surface area contributed by atoms with Gasteiger partial charge >= 0.3 is 0 Å². The number of likely N-dealkylation sites (N-methyl/N-ethyl adjacent to an activating group) is 1. The first kappa shape index (κ1) is 20.1. The molecule has 2 N–H and O–H groups in total. The van der Waals surface area contributed by atoms with E-state index in [4.69, 9.17) is 4.74 Å². The third kappa shape index (κ3) is 8.89. The van der Waals surface area contributed by atoms with Gasteiger partial charge in [0.25, 0.3) is 0 Å². The highest BCUT2D eigenvalue weighted by Crippen LogP contribution is 2.06. The van der Waals surface area contributed by atoms with E-state index < -0.39 is 0 Å². The molecule has 8 heteroatoms. The molecule has 0 aliphatic rings. The van der Waals surface area contributed by atoms with Crippen LogP contribution in [0.15, 0.2) is 21.8 Å². The van der Waals surface area contributed by atoms with Gasteiger partial charge in [0.05, 0.1) is 19.7 Å². The van der Waals surface area contributed by atoms with Crippen LogP contribution >= 0.6 is 35.3 Å². The quantitative estimate of drug-likeness (QED) is 0.297. The van der Waals surface area contributed by atoms with Crippen LogP contribution in [0.1, 0.15) is 5.56 Å². The second kappa shape index (κ2) is 11.8. The fourth-order valence-corrected chi connectivity index (χ4v) is 1.98. The van der Waals surface area contributed by atoms with E-state index in [1.165, 1.54) is 0 Å². The lowest BCUT2D eigenvalue weighted by molar-refractivity contribution is -0.127. The number of ether oxygens (including phenoxy) is 1. The van der Waals surface area contributed by atoms with Crippen molar-refractivity contribution in [2.75, 3.05) is 40.9 Å². The fraction of sp³-hybridized carbons (Fsp3) is 0.538. The second-order valence-electron chi connectivity index (χ2n) is 4.36. The molecule has 21 heavy (non-hydrogen) atoms. The molecule has 0 aliphatic heterocycles. The molecule has 0 unspecified atom stereocenters. The van der Waals surface area contributed by atoms with E-state index in [-0.39, 0.29) is 36.4 Å². The molecular weight excluding hydrogens is 403 g/mol. The maximum Gasteiger partial charge on any atom is 0.241 e. The van der Waals surface area contributed by atoms with Gasteiger partial charge < -0.3 is 20.3 Å². The van der Waals surface area contributed by atoms with Crippen molar-refractivity contribution in [3.05, 3.63) is 22.4 Å². The van der Waals surface area contributed by atoms with Gasteiger partial charge in [0.1, 0.15) is 0 Å². The molecular formula is C13H23IN4O2S. The number of thiophene rings is 1. The fourth-order valence-electron chi connectivity index (χ4n) is 1.32. The zero-order valence-electron chi connectivity index (χ0n) is 12.6. The number of carbonyl (C=O) groups excluding carboxylic acids is 1. The number of amides is 1.